The third-order valence-corrected chi connectivity index (χ3v) is 8.32. The van der Waals surface area contributed by atoms with Crippen LogP contribution in [0, 0.1) is 11.3 Å². The van der Waals surface area contributed by atoms with E-state index in [-0.39, 0.29) is 6.04 Å². The van der Waals surface area contributed by atoms with Gasteiger partial charge in [0.15, 0.2) is 0 Å². The summed E-state index contributed by atoms with van der Waals surface area (Å²) in [4.78, 5) is 4.68. The zero-order valence-corrected chi connectivity index (χ0v) is 23.3. The Labute approximate surface area is 249 Å². The second-order valence-corrected chi connectivity index (χ2v) is 10.9. The van der Waals surface area contributed by atoms with E-state index in [0.717, 1.165) is 51.5 Å². The van der Waals surface area contributed by atoms with Gasteiger partial charge in [-0.3, -0.25) is 4.98 Å². The van der Waals surface area contributed by atoms with Gasteiger partial charge in [0, 0.05) is 40.6 Å². The van der Waals surface area contributed by atoms with E-state index in [0.29, 0.717) is 5.56 Å². The molecule has 0 radical (unpaired) electrons. The van der Waals surface area contributed by atoms with Gasteiger partial charge >= 0.3 is 0 Å². The SMILES string of the molecule is N#Cc1cc(C2=CC(c3ccc4ccccc4c3)=CC(c3ccccn3)N2)cc(-n2c3c(c4ccccc42)CNC=C3)c1. The van der Waals surface area contributed by atoms with Gasteiger partial charge in [-0.05, 0) is 88.8 Å². The molecule has 2 N–H and O–H groups in total. The number of rotatable bonds is 4. The third kappa shape index (κ3) is 4.37. The van der Waals surface area contributed by atoms with Gasteiger partial charge in [-0.2, -0.15) is 5.26 Å². The smallest absolute Gasteiger partial charge is 0.0992 e. The van der Waals surface area contributed by atoms with Crippen LogP contribution >= 0.6 is 0 Å². The first-order valence-corrected chi connectivity index (χ1v) is 14.4. The number of nitrogens with one attached hydrogen (secondary N) is 2. The van der Waals surface area contributed by atoms with E-state index in [4.69, 9.17) is 0 Å². The van der Waals surface area contributed by atoms with E-state index in [9.17, 15) is 5.26 Å². The predicted molar refractivity (Wildman–Crippen MR) is 174 cm³/mol. The van der Waals surface area contributed by atoms with Gasteiger partial charge < -0.3 is 15.2 Å². The lowest BCUT2D eigenvalue weighted by molar-refractivity contribution is 0.739. The van der Waals surface area contributed by atoms with Gasteiger partial charge in [-0.15, -0.1) is 0 Å². The van der Waals surface area contributed by atoms with E-state index in [2.05, 4.69) is 117 Å². The Morgan fingerprint density at radius 1 is 0.837 bits per heavy atom. The number of dihydropyridines is 1. The minimum atomic E-state index is -0.133. The first-order valence-electron chi connectivity index (χ1n) is 14.4. The fraction of sp³-hybridized carbons (Fsp3) is 0.0526. The van der Waals surface area contributed by atoms with Crippen molar-refractivity contribution in [2.24, 2.45) is 0 Å². The van der Waals surface area contributed by atoms with Crippen molar-refractivity contribution in [2.75, 3.05) is 0 Å². The molecule has 4 aromatic carbocycles. The highest BCUT2D eigenvalue weighted by atomic mass is 15.0. The highest BCUT2D eigenvalue weighted by molar-refractivity contribution is 5.93. The average Bonchev–Trinajstić information content (AvgIpc) is 3.42. The zero-order valence-electron chi connectivity index (χ0n) is 23.3. The number of benzene rings is 4. The van der Waals surface area contributed by atoms with Crippen molar-refractivity contribution in [1.29, 1.82) is 5.26 Å². The topological polar surface area (TPSA) is 65.7 Å². The van der Waals surface area contributed by atoms with Crippen molar-refractivity contribution in [3.05, 3.63) is 161 Å². The highest BCUT2D eigenvalue weighted by Gasteiger charge is 2.22. The van der Waals surface area contributed by atoms with Crippen LogP contribution in [0.25, 0.3) is 44.7 Å². The van der Waals surface area contributed by atoms with Crippen molar-refractivity contribution < 1.29 is 0 Å². The van der Waals surface area contributed by atoms with Crippen molar-refractivity contribution in [1.82, 2.24) is 20.2 Å². The number of aromatic nitrogens is 2. The van der Waals surface area contributed by atoms with Crippen LogP contribution in [-0.2, 0) is 6.54 Å². The molecule has 204 valence electrons. The Morgan fingerprint density at radius 2 is 1.70 bits per heavy atom. The molecule has 0 aliphatic carbocycles. The summed E-state index contributed by atoms with van der Waals surface area (Å²) in [7, 11) is 0. The maximum absolute atomic E-state index is 10.2. The third-order valence-electron chi connectivity index (χ3n) is 8.32. The lowest BCUT2D eigenvalue weighted by Crippen LogP contribution is -2.22. The van der Waals surface area contributed by atoms with Crippen molar-refractivity contribution in [3.63, 3.8) is 0 Å². The molecule has 2 aliphatic rings. The molecule has 1 unspecified atom stereocenters. The van der Waals surface area contributed by atoms with Crippen LogP contribution in [-0.4, -0.2) is 9.55 Å². The van der Waals surface area contributed by atoms with Crippen LogP contribution in [0.2, 0.25) is 0 Å². The van der Waals surface area contributed by atoms with Crippen LogP contribution in [0.4, 0.5) is 0 Å². The van der Waals surface area contributed by atoms with Gasteiger partial charge in [-0.1, -0.05) is 60.7 Å². The predicted octanol–water partition coefficient (Wildman–Crippen LogP) is 7.89. The number of nitrogens with zero attached hydrogens (tertiary/aromatic N) is 3. The van der Waals surface area contributed by atoms with E-state index < -0.39 is 0 Å². The van der Waals surface area contributed by atoms with Gasteiger partial charge in [0.2, 0.25) is 0 Å². The number of hydrogen-bond donors (Lipinski definition) is 2. The number of pyridine rings is 1. The number of allylic oxidation sites excluding steroid dienone is 2. The van der Waals surface area contributed by atoms with Crippen molar-refractivity contribution in [3.8, 4) is 11.8 Å². The molecule has 0 bridgehead atoms. The molecule has 0 saturated heterocycles. The maximum Gasteiger partial charge on any atom is 0.0992 e. The summed E-state index contributed by atoms with van der Waals surface area (Å²) in [6, 6.07) is 37.9. The van der Waals surface area contributed by atoms with E-state index >= 15 is 0 Å². The van der Waals surface area contributed by atoms with Crippen LogP contribution in [0.5, 0.6) is 0 Å². The molecule has 2 aromatic heterocycles. The summed E-state index contributed by atoms with van der Waals surface area (Å²) in [6.07, 6.45) is 10.4. The highest BCUT2D eigenvalue weighted by Crippen LogP contribution is 2.36. The van der Waals surface area contributed by atoms with Crippen LogP contribution in [0.15, 0.2) is 128 Å². The van der Waals surface area contributed by atoms with Crippen LogP contribution < -0.4 is 10.6 Å². The molecule has 0 amide bonds. The summed E-state index contributed by atoms with van der Waals surface area (Å²) in [5, 5.41) is 20.9. The van der Waals surface area contributed by atoms with Gasteiger partial charge in [0.05, 0.1) is 34.6 Å². The summed E-state index contributed by atoms with van der Waals surface area (Å²) >= 11 is 0. The van der Waals surface area contributed by atoms with Gasteiger partial charge in [0.1, 0.15) is 0 Å². The lowest BCUT2D eigenvalue weighted by Gasteiger charge is -2.25. The summed E-state index contributed by atoms with van der Waals surface area (Å²) < 4.78 is 2.27. The second kappa shape index (κ2) is 10.2. The van der Waals surface area contributed by atoms with Gasteiger partial charge in [0.25, 0.3) is 0 Å². The molecule has 2 aliphatic heterocycles. The number of para-hydroxylation sites is 1. The molecule has 0 spiro atoms. The minimum Gasteiger partial charge on any atom is -0.387 e. The average molecular weight is 554 g/mol. The molecule has 0 fully saturated rings. The number of hydrogen-bond acceptors (Lipinski definition) is 4. The fourth-order valence-corrected chi connectivity index (χ4v) is 6.29. The number of fused-ring (bicyclic) bond motifs is 4. The molecule has 43 heavy (non-hydrogen) atoms. The maximum atomic E-state index is 10.2. The second-order valence-electron chi connectivity index (χ2n) is 10.9. The lowest BCUT2D eigenvalue weighted by atomic mass is 9.93. The van der Waals surface area contributed by atoms with Crippen molar-refractivity contribution >= 4 is 39.0 Å². The van der Waals surface area contributed by atoms with E-state index in [1.807, 2.05) is 42.7 Å². The van der Waals surface area contributed by atoms with E-state index in [1.54, 1.807) is 0 Å². The molecular formula is C38H27N5. The monoisotopic (exact) mass is 553 g/mol. The van der Waals surface area contributed by atoms with Crippen LogP contribution in [0.3, 0.4) is 0 Å². The summed E-state index contributed by atoms with van der Waals surface area (Å²) in [6.45, 7) is 0.766. The van der Waals surface area contributed by atoms with Crippen molar-refractivity contribution in [2.45, 2.75) is 12.6 Å². The van der Waals surface area contributed by atoms with Gasteiger partial charge in [-0.25, -0.2) is 0 Å². The Bertz CT molecular complexity index is 2180. The molecule has 8 rings (SSSR count). The molecule has 6 aromatic rings. The standard InChI is InChI=1S/C38H27N5/c39-23-25-17-30(20-31(18-25)43-37-11-4-3-9-32(37)33-24-40-16-14-38(33)43)35-21-29(22-36(42-35)34-10-5-6-15-41-34)28-13-12-26-7-1-2-8-27(26)19-28/h1-22,36,40,42H,24H2. The summed E-state index contributed by atoms with van der Waals surface area (Å²) in [5.41, 5.74) is 10.2. The Balaban J connectivity index is 1.30. The fourth-order valence-electron chi connectivity index (χ4n) is 6.29. The molecule has 4 heterocycles. The molecule has 0 saturated carbocycles. The first kappa shape index (κ1) is 24.9. The zero-order chi connectivity index (χ0) is 28.8. The number of nitriles is 1. The molecule has 1 atom stereocenters. The Kier molecular flexibility index (Phi) is 5.91. The molecular weight excluding hydrogens is 526 g/mol. The minimum absolute atomic E-state index is 0.133. The first-order chi connectivity index (χ1) is 21.2. The Hall–Kier alpha value is -5.86. The largest absolute Gasteiger partial charge is 0.387 e. The normalized spacial score (nSPS) is 15.7. The molecule has 5 nitrogen and oxygen atoms in total. The van der Waals surface area contributed by atoms with E-state index in [1.165, 1.54) is 21.7 Å². The Morgan fingerprint density at radius 3 is 2.58 bits per heavy atom. The molecule has 5 heteroatoms. The summed E-state index contributed by atoms with van der Waals surface area (Å²) in [5.74, 6) is 0. The quantitative estimate of drug-likeness (QED) is 0.233. The van der Waals surface area contributed by atoms with Crippen LogP contribution in [0.1, 0.15) is 39.7 Å².